The van der Waals surface area contributed by atoms with Crippen LogP contribution in [0.25, 0.3) is 0 Å². The second-order valence-corrected chi connectivity index (χ2v) is 7.57. The predicted octanol–water partition coefficient (Wildman–Crippen LogP) is 2.27. The number of thioether (sulfide) groups is 1. The molecule has 1 fully saturated rings. The number of benzene rings is 1. The first-order valence-corrected chi connectivity index (χ1v) is 10.7. The van der Waals surface area contributed by atoms with Gasteiger partial charge in [-0.3, -0.25) is 10.1 Å². The standard InChI is InChI=1S/C22H21N3O9S/c1-29-15-7-12(10-23-25-22-24-20(27)17(35-22)9-18(26)31-3)8-16(30-2)19(15)33-11-13-5-6-14(34-13)21(28)32-4/h5-10H,11H2,1-4H3,(H,24,25,27)/b17-9+,23-10?. The molecule has 184 valence electrons. The Kier molecular flexibility index (Phi) is 8.51. The number of furan rings is 1. The fourth-order valence-corrected chi connectivity index (χ4v) is 3.45. The molecular formula is C22H21N3O9S. The maximum Gasteiger partial charge on any atom is 0.373 e. The first kappa shape index (κ1) is 25.4. The quantitative estimate of drug-likeness (QED) is 0.234. The summed E-state index contributed by atoms with van der Waals surface area (Å²) in [4.78, 5) is 34.9. The maximum atomic E-state index is 11.9. The zero-order chi connectivity index (χ0) is 25.4. The predicted molar refractivity (Wildman–Crippen MR) is 125 cm³/mol. The van der Waals surface area contributed by atoms with Gasteiger partial charge in [0, 0.05) is 11.6 Å². The largest absolute Gasteiger partial charge is 0.493 e. The molecule has 0 radical (unpaired) electrons. The number of carbonyl (C=O) groups is 3. The zero-order valence-corrected chi connectivity index (χ0v) is 20.0. The second-order valence-electron chi connectivity index (χ2n) is 6.54. The Morgan fingerprint density at radius 1 is 1.09 bits per heavy atom. The minimum absolute atomic E-state index is 0.00312. The molecule has 0 saturated carbocycles. The van der Waals surface area contributed by atoms with Gasteiger partial charge in [-0.25, -0.2) is 9.59 Å². The SMILES string of the molecule is COC(=O)/C=C1/S/C(=N\N=Cc2cc(OC)c(OCc3ccc(C(=O)OC)o3)c(OC)c2)NC1=O. The van der Waals surface area contributed by atoms with Crippen molar-refractivity contribution in [3.05, 3.63) is 52.3 Å². The third-order valence-electron chi connectivity index (χ3n) is 4.35. The van der Waals surface area contributed by atoms with Gasteiger partial charge in [0.2, 0.25) is 11.5 Å². The lowest BCUT2D eigenvalue weighted by molar-refractivity contribution is -0.135. The van der Waals surface area contributed by atoms with Crippen LogP contribution in [0.2, 0.25) is 0 Å². The average molecular weight is 503 g/mol. The van der Waals surface area contributed by atoms with E-state index in [9.17, 15) is 14.4 Å². The molecule has 1 aromatic carbocycles. The molecule has 2 aromatic rings. The van der Waals surface area contributed by atoms with Gasteiger partial charge in [-0.05, 0) is 36.0 Å². The van der Waals surface area contributed by atoms with E-state index in [0.29, 0.717) is 28.6 Å². The third-order valence-corrected chi connectivity index (χ3v) is 5.25. The summed E-state index contributed by atoms with van der Waals surface area (Å²) in [6, 6.07) is 6.37. The Hall–Kier alpha value is -4.26. The first-order valence-electron chi connectivity index (χ1n) is 9.84. The lowest BCUT2D eigenvalue weighted by atomic mass is 10.2. The summed E-state index contributed by atoms with van der Waals surface area (Å²) in [6.07, 6.45) is 2.49. The van der Waals surface area contributed by atoms with Crippen molar-refractivity contribution < 1.29 is 42.5 Å². The summed E-state index contributed by atoms with van der Waals surface area (Å²) in [7, 11) is 5.40. The molecule has 0 atom stereocenters. The molecule has 0 unspecified atom stereocenters. The van der Waals surface area contributed by atoms with Crippen molar-refractivity contribution in [3.63, 3.8) is 0 Å². The number of rotatable bonds is 9. The molecule has 35 heavy (non-hydrogen) atoms. The Bertz CT molecular complexity index is 1190. The Balaban J connectivity index is 1.73. The lowest BCUT2D eigenvalue weighted by Crippen LogP contribution is -2.19. The van der Waals surface area contributed by atoms with Crippen LogP contribution in [0.3, 0.4) is 0 Å². The number of hydrogen-bond acceptors (Lipinski definition) is 12. The molecular weight excluding hydrogens is 482 g/mol. The number of nitrogens with zero attached hydrogens (tertiary/aromatic N) is 2. The van der Waals surface area contributed by atoms with Crippen molar-refractivity contribution in [3.8, 4) is 17.2 Å². The van der Waals surface area contributed by atoms with E-state index in [1.807, 2.05) is 0 Å². The van der Waals surface area contributed by atoms with Crippen molar-refractivity contribution in [2.75, 3.05) is 28.4 Å². The van der Waals surface area contributed by atoms with Gasteiger partial charge in [0.05, 0.1) is 39.6 Å². The van der Waals surface area contributed by atoms with Gasteiger partial charge < -0.3 is 28.1 Å². The molecule has 1 amide bonds. The summed E-state index contributed by atoms with van der Waals surface area (Å²) in [5.41, 5.74) is 0.570. The number of ether oxygens (including phenoxy) is 5. The highest BCUT2D eigenvalue weighted by Crippen LogP contribution is 2.39. The monoisotopic (exact) mass is 503 g/mol. The highest BCUT2D eigenvalue weighted by molar-refractivity contribution is 8.18. The summed E-state index contributed by atoms with van der Waals surface area (Å²) in [5, 5.41) is 10.6. The minimum atomic E-state index is -0.648. The molecule has 1 N–H and O–H groups in total. The highest BCUT2D eigenvalue weighted by atomic mass is 32.2. The molecule has 3 rings (SSSR count). The Labute approximate surface area is 203 Å². The molecule has 1 aliphatic rings. The van der Waals surface area contributed by atoms with Crippen LogP contribution < -0.4 is 19.5 Å². The summed E-state index contributed by atoms with van der Waals surface area (Å²) in [6.45, 7) is 0.00312. The molecule has 2 heterocycles. The van der Waals surface area contributed by atoms with Crippen molar-refractivity contribution in [1.29, 1.82) is 0 Å². The van der Waals surface area contributed by atoms with Gasteiger partial charge in [0.15, 0.2) is 16.7 Å². The summed E-state index contributed by atoms with van der Waals surface area (Å²) in [5.74, 6) is -0.250. The normalized spacial score (nSPS) is 15.4. The van der Waals surface area contributed by atoms with Crippen molar-refractivity contribution >= 4 is 41.0 Å². The topological polar surface area (TPSA) is 147 Å². The number of methoxy groups -OCH3 is 4. The van der Waals surface area contributed by atoms with Crippen LogP contribution in [0.15, 0.2) is 49.9 Å². The summed E-state index contributed by atoms with van der Waals surface area (Å²) >= 11 is 0.953. The van der Waals surface area contributed by atoms with Gasteiger partial charge in [0.1, 0.15) is 12.4 Å². The van der Waals surface area contributed by atoms with Crippen LogP contribution in [0.5, 0.6) is 17.2 Å². The molecule has 1 aliphatic heterocycles. The van der Waals surface area contributed by atoms with Gasteiger partial charge in [-0.1, -0.05) is 0 Å². The minimum Gasteiger partial charge on any atom is -0.493 e. The molecule has 1 saturated heterocycles. The molecule has 0 aliphatic carbocycles. The molecule has 0 spiro atoms. The fraction of sp³-hybridized carbons (Fsp3) is 0.227. The fourth-order valence-electron chi connectivity index (χ4n) is 2.72. The van der Waals surface area contributed by atoms with Gasteiger partial charge in [-0.2, -0.15) is 5.10 Å². The highest BCUT2D eigenvalue weighted by Gasteiger charge is 2.25. The first-order chi connectivity index (χ1) is 16.9. The van der Waals surface area contributed by atoms with E-state index in [1.165, 1.54) is 40.7 Å². The van der Waals surface area contributed by atoms with E-state index in [-0.39, 0.29) is 22.4 Å². The van der Waals surface area contributed by atoms with Crippen molar-refractivity contribution in [2.45, 2.75) is 6.61 Å². The Morgan fingerprint density at radius 3 is 2.43 bits per heavy atom. The maximum absolute atomic E-state index is 11.9. The van der Waals surface area contributed by atoms with Crippen molar-refractivity contribution in [2.24, 2.45) is 10.2 Å². The smallest absolute Gasteiger partial charge is 0.373 e. The number of nitrogens with one attached hydrogen (secondary N) is 1. The average Bonchev–Trinajstić information content (AvgIpc) is 3.48. The van der Waals surface area contributed by atoms with Crippen LogP contribution in [0, 0.1) is 0 Å². The van der Waals surface area contributed by atoms with Crippen LogP contribution in [0.1, 0.15) is 21.9 Å². The van der Waals surface area contributed by atoms with Crippen LogP contribution in [0.4, 0.5) is 0 Å². The number of carbonyl (C=O) groups excluding carboxylic acids is 3. The van der Waals surface area contributed by atoms with E-state index >= 15 is 0 Å². The molecule has 13 heteroatoms. The third kappa shape index (κ3) is 6.41. The zero-order valence-electron chi connectivity index (χ0n) is 19.1. The Morgan fingerprint density at radius 2 is 1.80 bits per heavy atom. The molecule has 12 nitrogen and oxygen atoms in total. The second kappa shape index (κ2) is 11.7. The van der Waals surface area contributed by atoms with Gasteiger partial charge in [-0.15, -0.1) is 5.10 Å². The number of amides is 1. The van der Waals surface area contributed by atoms with Crippen LogP contribution >= 0.6 is 11.8 Å². The van der Waals surface area contributed by atoms with E-state index in [2.05, 4.69) is 25.0 Å². The summed E-state index contributed by atoms with van der Waals surface area (Å²) < 4.78 is 31.2. The number of esters is 2. The van der Waals surface area contributed by atoms with E-state index in [1.54, 1.807) is 18.2 Å². The molecule has 0 bridgehead atoms. The van der Waals surface area contributed by atoms with E-state index in [0.717, 1.165) is 17.8 Å². The van der Waals surface area contributed by atoms with Gasteiger partial charge >= 0.3 is 11.9 Å². The number of amidine groups is 1. The van der Waals surface area contributed by atoms with Gasteiger partial charge in [0.25, 0.3) is 5.91 Å². The van der Waals surface area contributed by atoms with Crippen molar-refractivity contribution in [1.82, 2.24) is 5.32 Å². The van der Waals surface area contributed by atoms with Crippen LogP contribution in [-0.4, -0.2) is 57.7 Å². The lowest BCUT2D eigenvalue weighted by Gasteiger charge is -2.14. The van der Waals surface area contributed by atoms with Crippen LogP contribution in [-0.2, 0) is 25.7 Å². The number of hydrogen-bond donors (Lipinski definition) is 1. The van der Waals surface area contributed by atoms with E-state index in [4.69, 9.17) is 18.6 Å². The van der Waals surface area contributed by atoms with E-state index < -0.39 is 17.8 Å². The molecule has 1 aromatic heterocycles.